The van der Waals surface area contributed by atoms with E-state index in [9.17, 15) is 4.79 Å². The fourth-order valence-electron chi connectivity index (χ4n) is 2.20. The maximum absolute atomic E-state index is 11.9. The van der Waals surface area contributed by atoms with Crippen LogP contribution >= 0.6 is 0 Å². The quantitative estimate of drug-likeness (QED) is 0.819. The molecule has 0 bridgehead atoms. The number of carbonyl (C=O) groups excluding carboxylic acids is 1. The number of rotatable bonds is 2. The second-order valence-corrected chi connectivity index (χ2v) is 4.53. The largest absolute Gasteiger partial charge is 0.330 e. The molecule has 1 heterocycles. The highest BCUT2D eigenvalue weighted by atomic mass is 16.2. The highest BCUT2D eigenvalue weighted by Crippen LogP contribution is 2.28. The molecule has 1 atom stereocenters. The maximum atomic E-state index is 11.9. The van der Waals surface area contributed by atoms with Crippen molar-refractivity contribution in [1.29, 1.82) is 0 Å². The first-order valence-corrected chi connectivity index (χ1v) is 5.70. The van der Waals surface area contributed by atoms with Crippen molar-refractivity contribution in [3.63, 3.8) is 0 Å². The standard InChI is InChI=1S/C13H18N2O/c1-9-4-3-5-12(10(9)2)15-8-11(7-14)6-13(15)16/h3-5,11H,6-8,14H2,1-2H3. The van der Waals surface area contributed by atoms with Crippen molar-refractivity contribution in [3.8, 4) is 0 Å². The predicted molar refractivity (Wildman–Crippen MR) is 65.4 cm³/mol. The molecular formula is C13H18N2O. The number of carbonyl (C=O) groups is 1. The minimum Gasteiger partial charge on any atom is -0.330 e. The number of nitrogens with zero attached hydrogens (tertiary/aromatic N) is 1. The maximum Gasteiger partial charge on any atom is 0.227 e. The molecule has 1 aliphatic heterocycles. The first-order chi connectivity index (χ1) is 7.63. The van der Waals surface area contributed by atoms with Gasteiger partial charge in [0, 0.05) is 18.7 Å². The van der Waals surface area contributed by atoms with Gasteiger partial charge in [-0.3, -0.25) is 4.79 Å². The Morgan fingerprint density at radius 2 is 2.19 bits per heavy atom. The number of nitrogens with two attached hydrogens (primary N) is 1. The van der Waals surface area contributed by atoms with Crippen molar-refractivity contribution >= 4 is 11.6 Å². The highest BCUT2D eigenvalue weighted by Gasteiger charge is 2.30. The summed E-state index contributed by atoms with van der Waals surface area (Å²) in [4.78, 5) is 13.8. The molecule has 0 radical (unpaired) electrons. The highest BCUT2D eigenvalue weighted by molar-refractivity contribution is 5.96. The van der Waals surface area contributed by atoms with Gasteiger partial charge in [-0.2, -0.15) is 0 Å². The van der Waals surface area contributed by atoms with E-state index < -0.39 is 0 Å². The molecule has 0 aromatic heterocycles. The Kier molecular flexibility index (Phi) is 2.97. The van der Waals surface area contributed by atoms with Gasteiger partial charge in [-0.25, -0.2) is 0 Å². The average molecular weight is 218 g/mol. The van der Waals surface area contributed by atoms with Crippen LogP contribution in [0.5, 0.6) is 0 Å². The summed E-state index contributed by atoms with van der Waals surface area (Å²) < 4.78 is 0. The van der Waals surface area contributed by atoms with Crippen LogP contribution in [-0.4, -0.2) is 19.0 Å². The summed E-state index contributed by atoms with van der Waals surface area (Å²) in [5, 5.41) is 0. The van der Waals surface area contributed by atoms with Crippen molar-refractivity contribution in [2.45, 2.75) is 20.3 Å². The second kappa shape index (κ2) is 4.26. The van der Waals surface area contributed by atoms with E-state index in [1.807, 2.05) is 17.0 Å². The van der Waals surface area contributed by atoms with Crippen LogP contribution in [0.25, 0.3) is 0 Å². The molecular weight excluding hydrogens is 200 g/mol. The van der Waals surface area contributed by atoms with Crippen LogP contribution in [0.2, 0.25) is 0 Å². The lowest BCUT2D eigenvalue weighted by molar-refractivity contribution is -0.117. The lowest BCUT2D eigenvalue weighted by atomic mass is 10.1. The molecule has 1 saturated heterocycles. The molecule has 1 amide bonds. The molecule has 2 N–H and O–H groups in total. The molecule has 0 spiro atoms. The molecule has 0 saturated carbocycles. The van der Waals surface area contributed by atoms with E-state index in [1.54, 1.807) is 0 Å². The third kappa shape index (κ3) is 1.83. The van der Waals surface area contributed by atoms with Gasteiger partial charge in [0.1, 0.15) is 0 Å². The van der Waals surface area contributed by atoms with Crippen LogP contribution in [0.1, 0.15) is 17.5 Å². The van der Waals surface area contributed by atoms with Gasteiger partial charge in [0.25, 0.3) is 0 Å². The van der Waals surface area contributed by atoms with Gasteiger partial charge in [0.2, 0.25) is 5.91 Å². The summed E-state index contributed by atoms with van der Waals surface area (Å²) in [5.41, 5.74) is 9.08. The summed E-state index contributed by atoms with van der Waals surface area (Å²) >= 11 is 0. The van der Waals surface area contributed by atoms with Crippen LogP contribution in [0, 0.1) is 19.8 Å². The minimum absolute atomic E-state index is 0.198. The molecule has 86 valence electrons. The van der Waals surface area contributed by atoms with Crippen molar-refractivity contribution in [3.05, 3.63) is 29.3 Å². The first kappa shape index (κ1) is 11.1. The Morgan fingerprint density at radius 1 is 1.44 bits per heavy atom. The fraction of sp³-hybridized carbons (Fsp3) is 0.462. The smallest absolute Gasteiger partial charge is 0.227 e. The zero-order valence-electron chi connectivity index (χ0n) is 9.86. The van der Waals surface area contributed by atoms with Crippen molar-refractivity contribution in [2.75, 3.05) is 18.0 Å². The minimum atomic E-state index is 0.198. The molecule has 3 nitrogen and oxygen atoms in total. The van der Waals surface area contributed by atoms with E-state index in [2.05, 4.69) is 19.9 Å². The molecule has 1 aromatic rings. The van der Waals surface area contributed by atoms with Crippen molar-refractivity contribution in [2.24, 2.45) is 11.7 Å². The first-order valence-electron chi connectivity index (χ1n) is 5.70. The van der Waals surface area contributed by atoms with E-state index >= 15 is 0 Å². The summed E-state index contributed by atoms with van der Waals surface area (Å²) in [6, 6.07) is 6.08. The predicted octanol–water partition coefficient (Wildman–Crippen LogP) is 1.62. The van der Waals surface area contributed by atoms with E-state index in [-0.39, 0.29) is 5.91 Å². The van der Waals surface area contributed by atoms with Crippen molar-refractivity contribution < 1.29 is 4.79 Å². The van der Waals surface area contributed by atoms with E-state index in [0.717, 1.165) is 12.2 Å². The molecule has 0 aliphatic carbocycles. The van der Waals surface area contributed by atoms with Gasteiger partial charge in [0.15, 0.2) is 0 Å². The topological polar surface area (TPSA) is 46.3 Å². The molecule has 16 heavy (non-hydrogen) atoms. The Bertz CT molecular complexity index is 414. The Morgan fingerprint density at radius 3 is 2.81 bits per heavy atom. The molecule has 1 unspecified atom stereocenters. The molecule has 1 aliphatic rings. The van der Waals surface area contributed by atoms with Crippen molar-refractivity contribution in [1.82, 2.24) is 0 Å². The monoisotopic (exact) mass is 218 g/mol. The van der Waals surface area contributed by atoms with Gasteiger partial charge in [-0.15, -0.1) is 0 Å². The summed E-state index contributed by atoms with van der Waals surface area (Å²) in [7, 11) is 0. The van der Waals surface area contributed by atoms with Gasteiger partial charge in [0.05, 0.1) is 0 Å². The Labute approximate surface area is 96.2 Å². The number of benzene rings is 1. The van der Waals surface area contributed by atoms with E-state index in [4.69, 9.17) is 5.73 Å². The molecule has 1 fully saturated rings. The van der Waals surface area contributed by atoms with Gasteiger partial charge in [-0.05, 0) is 43.5 Å². The third-order valence-electron chi connectivity index (χ3n) is 3.41. The molecule has 2 rings (SSSR count). The zero-order chi connectivity index (χ0) is 11.7. The van der Waals surface area contributed by atoms with Crippen LogP contribution in [0.15, 0.2) is 18.2 Å². The summed E-state index contributed by atoms with van der Waals surface area (Å²) in [6.07, 6.45) is 0.587. The molecule has 1 aromatic carbocycles. The summed E-state index contributed by atoms with van der Waals surface area (Å²) in [6.45, 7) is 5.49. The zero-order valence-corrected chi connectivity index (χ0v) is 9.86. The third-order valence-corrected chi connectivity index (χ3v) is 3.41. The normalized spacial score (nSPS) is 20.6. The van der Waals surface area contributed by atoms with Gasteiger partial charge < -0.3 is 10.6 Å². The van der Waals surface area contributed by atoms with Crippen LogP contribution in [0.3, 0.4) is 0 Å². The fourth-order valence-corrected chi connectivity index (χ4v) is 2.20. The second-order valence-electron chi connectivity index (χ2n) is 4.53. The van der Waals surface area contributed by atoms with Gasteiger partial charge in [-0.1, -0.05) is 12.1 Å². The lowest BCUT2D eigenvalue weighted by Gasteiger charge is -2.20. The number of anilines is 1. The Hall–Kier alpha value is -1.35. The van der Waals surface area contributed by atoms with Crippen LogP contribution < -0.4 is 10.6 Å². The van der Waals surface area contributed by atoms with Crippen LogP contribution in [-0.2, 0) is 4.79 Å². The molecule has 3 heteroatoms. The van der Waals surface area contributed by atoms with Crippen LogP contribution in [0.4, 0.5) is 5.69 Å². The number of hydrogen-bond acceptors (Lipinski definition) is 2. The van der Waals surface area contributed by atoms with E-state index in [0.29, 0.717) is 18.9 Å². The van der Waals surface area contributed by atoms with Gasteiger partial charge >= 0.3 is 0 Å². The number of hydrogen-bond donors (Lipinski definition) is 1. The number of amides is 1. The summed E-state index contributed by atoms with van der Waals surface area (Å²) in [5.74, 6) is 0.511. The average Bonchev–Trinajstić information content (AvgIpc) is 2.64. The lowest BCUT2D eigenvalue weighted by Crippen LogP contribution is -2.26. The SMILES string of the molecule is Cc1cccc(N2CC(CN)CC2=O)c1C. The Balaban J connectivity index is 2.31. The number of aryl methyl sites for hydroxylation is 1. The van der Waals surface area contributed by atoms with E-state index in [1.165, 1.54) is 11.1 Å².